The minimum atomic E-state index is -0.215. The summed E-state index contributed by atoms with van der Waals surface area (Å²) in [5.74, 6) is 1.04. The minimum Gasteiger partial charge on any atom is -0.486 e. The number of nitrogens with zero attached hydrogens (tertiary/aromatic N) is 4. The molecule has 1 fully saturated rings. The largest absolute Gasteiger partial charge is 0.486 e. The molecule has 0 radical (unpaired) electrons. The number of aromatic amines is 1. The number of carbonyl (C=O) groups excluding carboxylic acids is 1. The van der Waals surface area contributed by atoms with E-state index in [1.807, 2.05) is 31.4 Å². The molecule has 4 aromatic rings. The molecule has 1 amide bonds. The number of fused-ring (bicyclic) bond motifs is 4. The van der Waals surface area contributed by atoms with Gasteiger partial charge in [-0.05, 0) is 25.0 Å². The highest BCUT2D eigenvalue weighted by Gasteiger charge is 2.30. The van der Waals surface area contributed by atoms with Gasteiger partial charge >= 0.3 is 0 Å². The lowest BCUT2D eigenvalue weighted by molar-refractivity contribution is -0.117. The van der Waals surface area contributed by atoms with E-state index in [4.69, 9.17) is 4.74 Å². The first-order chi connectivity index (χ1) is 15.5. The fraction of sp³-hybridized carbons (Fsp3) is 0.273. The van der Waals surface area contributed by atoms with Crippen LogP contribution in [-0.2, 0) is 25.5 Å². The second-order valence-corrected chi connectivity index (χ2v) is 8.29. The summed E-state index contributed by atoms with van der Waals surface area (Å²) in [6.07, 6.45) is 3.73. The van der Waals surface area contributed by atoms with Gasteiger partial charge in [-0.25, -0.2) is 4.98 Å². The number of rotatable bonds is 4. The van der Waals surface area contributed by atoms with Crippen LogP contribution in [0.4, 0.5) is 17.2 Å². The van der Waals surface area contributed by atoms with E-state index < -0.39 is 0 Å². The van der Waals surface area contributed by atoms with E-state index in [0.717, 1.165) is 29.7 Å². The third kappa shape index (κ3) is 2.95. The van der Waals surface area contributed by atoms with Gasteiger partial charge in [-0.2, -0.15) is 5.10 Å². The Hall–Kier alpha value is -4.08. The molecule has 0 unspecified atom stereocenters. The molecule has 0 atom stereocenters. The van der Waals surface area contributed by atoms with Crippen LogP contribution in [0.3, 0.4) is 0 Å². The predicted octanol–water partition coefficient (Wildman–Crippen LogP) is 2.65. The smallest absolute Gasteiger partial charge is 0.277 e. The Morgan fingerprint density at radius 3 is 2.91 bits per heavy atom. The summed E-state index contributed by atoms with van der Waals surface area (Å²) in [6, 6.07) is 7.45. The average molecular weight is 431 g/mol. The van der Waals surface area contributed by atoms with Crippen molar-refractivity contribution in [2.24, 2.45) is 20.0 Å². The summed E-state index contributed by atoms with van der Waals surface area (Å²) in [7, 11) is 3.51. The normalized spacial score (nSPS) is 14.6. The van der Waals surface area contributed by atoms with Crippen molar-refractivity contribution in [1.82, 2.24) is 24.5 Å². The molecule has 10 nitrogen and oxygen atoms in total. The van der Waals surface area contributed by atoms with Crippen LogP contribution in [0.1, 0.15) is 18.4 Å². The molecule has 162 valence electrons. The molecular weight excluding hydrogens is 410 g/mol. The van der Waals surface area contributed by atoms with E-state index in [1.165, 1.54) is 4.68 Å². The highest BCUT2D eigenvalue weighted by molar-refractivity contribution is 5.98. The Morgan fingerprint density at radius 2 is 2.09 bits per heavy atom. The molecule has 1 saturated carbocycles. The number of hydrogen-bond acceptors (Lipinski definition) is 6. The lowest BCUT2D eigenvalue weighted by Crippen LogP contribution is -2.15. The fourth-order valence-corrected chi connectivity index (χ4v) is 4.10. The zero-order valence-electron chi connectivity index (χ0n) is 17.6. The van der Waals surface area contributed by atoms with Gasteiger partial charge in [0.05, 0.1) is 11.4 Å². The molecule has 4 heterocycles. The van der Waals surface area contributed by atoms with E-state index in [-0.39, 0.29) is 17.4 Å². The third-order valence-corrected chi connectivity index (χ3v) is 5.83. The molecule has 6 rings (SSSR count). The van der Waals surface area contributed by atoms with Crippen LogP contribution in [-0.4, -0.2) is 30.5 Å². The van der Waals surface area contributed by atoms with E-state index in [1.54, 1.807) is 17.8 Å². The molecule has 1 aliphatic heterocycles. The Labute approximate surface area is 182 Å². The lowest BCUT2D eigenvalue weighted by Gasteiger charge is -2.20. The van der Waals surface area contributed by atoms with Crippen LogP contribution in [0, 0.1) is 5.92 Å². The highest BCUT2D eigenvalue weighted by atomic mass is 16.5. The Bertz CT molecular complexity index is 1460. The fourth-order valence-electron chi connectivity index (χ4n) is 4.10. The maximum absolute atomic E-state index is 12.8. The molecular formula is C22H21N7O3. The minimum absolute atomic E-state index is 0.0424. The van der Waals surface area contributed by atoms with Gasteiger partial charge in [0.15, 0.2) is 11.4 Å². The third-order valence-electron chi connectivity index (χ3n) is 5.83. The second kappa shape index (κ2) is 6.71. The number of ether oxygens (including phenoxy) is 1. The maximum atomic E-state index is 12.8. The first kappa shape index (κ1) is 18.7. The number of carbonyl (C=O) groups is 1. The first-order valence-electron chi connectivity index (χ1n) is 10.4. The quantitative estimate of drug-likeness (QED) is 0.457. The van der Waals surface area contributed by atoms with Crippen molar-refractivity contribution in [1.29, 1.82) is 0 Å². The van der Waals surface area contributed by atoms with Crippen molar-refractivity contribution < 1.29 is 9.53 Å². The number of amides is 1. The Morgan fingerprint density at radius 1 is 1.25 bits per heavy atom. The molecule has 0 bridgehead atoms. The van der Waals surface area contributed by atoms with E-state index >= 15 is 0 Å². The lowest BCUT2D eigenvalue weighted by atomic mass is 10.0. The summed E-state index contributed by atoms with van der Waals surface area (Å²) in [5, 5.41) is 14.1. The van der Waals surface area contributed by atoms with Gasteiger partial charge in [-0.15, -0.1) is 0 Å². The second-order valence-electron chi connectivity index (χ2n) is 8.29. The van der Waals surface area contributed by atoms with Gasteiger partial charge in [0.2, 0.25) is 5.91 Å². The van der Waals surface area contributed by atoms with E-state index in [0.29, 0.717) is 40.6 Å². The number of benzene rings is 1. The maximum Gasteiger partial charge on any atom is 0.277 e. The Kier molecular flexibility index (Phi) is 3.91. The number of pyridine rings is 1. The topological polar surface area (TPSA) is 119 Å². The molecule has 1 aromatic carbocycles. The molecule has 0 spiro atoms. The number of nitrogens with one attached hydrogen (secondary N) is 3. The average Bonchev–Trinajstić information content (AvgIpc) is 3.48. The summed E-state index contributed by atoms with van der Waals surface area (Å²) in [6.45, 7) is 0.412. The van der Waals surface area contributed by atoms with Gasteiger partial charge in [0.1, 0.15) is 23.5 Å². The SMILES string of the molecule is Cn1cc2c(n1)-c1cccc(Nc3cc(NC(=O)C4CC4)nc4[nH]n(C)c(=O)c34)c1OC2. The molecule has 10 heteroatoms. The zero-order valence-corrected chi connectivity index (χ0v) is 17.6. The molecule has 32 heavy (non-hydrogen) atoms. The molecule has 2 aliphatic rings. The number of hydrogen-bond donors (Lipinski definition) is 3. The van der Waals surface area contributed by atoms with Gasteiger partial charge in [0, 0.05) is 43.4 Å². The molecule has 1 aliphatic carbocycles. The van der Waals surface area contributed by atoms with Crippen molar-refractivity contribution in [3.63, 3.8) is 0 Å². The van der Waals surface area contributed by atoms with Crippen molar-refractivity contribution in [3.8, 4) is 17.0 Å². The van der Waals surface area contributed by atoms with Gasteiger partial charge < -0.3 is 15.4 Å². The summed E-state index contributed by atoms with van der Waals surface area (Å²) in [5.41, 5.74) is 4.20. The van der Waals surface area contributed by atoms with Crippen molar-refractivity contribution in [2.75, 3.05) is 10.6 Å². The van der Waals surface area contributed by atoms with Crippen LogP contribution in [0.5, 0.6) is 5.75 Å². The van der Waals surface area contributed by atoms with Crippen LogP contribution in [0.25, 0.3) is 22.3 Å². The van der Waals surface area contributed by atoms with Crippen LogP contribution in [0.15, 0.2) is 35.3 Å². The molecule has 3 N–H and O–H groups in total. The summed E-state index contributed by atoms with van der Waals surface area (Å²) in [4.78, 5) is 29.5. The van der Waals surface area contributed by atoms with Crippen molar-refractivity contribution >= 4 is 34.1 Å². The number of anilines is 3. The van der Waals surface area contributed by atoms with E-state index in [9.17, 15) is 9.59 Å². The highest BCUT2D eigenvalue weighted by Crippen LogP contribution is 2.43. The standard InChI is InChI=1S/C22H21N7O3/c1-28-9-12-10-32-19-13(18(12)26-28)4-3-5-14(19)23-15-8-16(25-21(30)11-6-7-11)24-20-17(15)22(31)29(2)27-20/h3-5,8-9,11H,6-7,10H2,1-2H3,(H3,23,24,25,27,30). The summed E-state index contributed by atoms with van der Waals surface area (Å²) < 4.78 is 9.20. The van der Waals surface area contributed by atoms with Crippen molar-refractivity contribution in [2.45, 2.75) is 19.4 Å². The number of para-hydroxylation sites is 1. The van der Waals surface area contributed by atoms with Crippen LogP contribution in [0.2, 0.25) is 0 Å². The predicted molar refractivity (Wildman–Crippen MR) is 119 cm³/mol. The van der Waals surface area contributed by atoms with E-state index in [2.05, 4.69) is 25.8 Å². The first-order valence-corrected chi connectivity index (χ1v) is 10.4. The van der Waals surface area contributed by atoms with Gasteiger partial charge in [0.25, 0.3) is 5.56 Å². The number of aromatic nitrogens is 5. The number of aryl methyl sites for hydroxylation is 2. The summed E-state index contributed by atoms with van der Waals surface area (Å²) >= 11 is 0. The zero-order chi connectivity index (χ0) is 22.0. The monoisotopic (exact) mass is 431 g/mol. The van der Waals surface area contributed by atoms with Crippen LogP contribution < -0.4 is 20.9 Å². The molecule has 3 aromatic heterocycles. The van der Waals surface area contributed by atoms with Gasteiger partial charge in [-0.3, -0.25) is 24.1 Å². The number of H-pyrrole nitrogens is 1. The molecule has 0 saturated heterocycles. The van der Waals surface area contributed by atoms with Crippen molar-refractivity contribution in [3.05, 3.63) is 46.4 Å². The Balaban J connectivity index is 1.45. The van der Waals surface area contributed by atoms with Crippen LogP contribution >= 0.6 is 0 Å². The van der Waals surface area contributed by atoms with Gasteiger partial charge in [-0.1, -0.05) is 6.07 Å².